The molecule has 1 aromatic carbocycles. The van der Waals surface area contributed by atoms with E-state index in [0.29, 0.717) is 5.69 Å². The highest BCUT2D eigenvalue weighted by molar-refractivity contribution is 5.91. The maximum Gasteiger partial charge on any atom is 0.289 e. The predicted molar refractivity (Wildman–Crippen MR) is 75.7 cm³/mol. The first-order valence-electron chi connectivity index (χ1n) is 6.13. The summed E-state index contributed by atoms with van der Waals surface area (Å²) in [4.78, 5) is 23.3. The molecule has 0 fully saturated rings. The Morgan fingerprint density at radius 3 is 2.55 bits per heavy atom. The summed E-state index contributed by atoms with van der Waals surface area (Å²) in [7, 11) is 0. The molecule has 0 saturated heterocycles. The third-order valence-electron chi connectivity index (χ3n) is 3.03. The molecule has 2 rings (SSSR count). The van der Waals surface area contributed by atoms with Crippen LogP contribution in [0.15, 0.2) is 29.1 Å². The Morgan fingerprint density at radius 1 is 1.25 bits per heavy atom. The largest absolute Gasteiger partial charge is 0.289 e. The number of carbonyl (C=O) groups is 1. The number of nitrogens with zero attached hydrogens (tertiary/aromatic N) is 2. The SMILES string of the molecule is Cc1ccc(-n2nc(C(=O)NN)c(=O)cc2C)c(C)c1. The second kappa shape index (κ2) is 5.26. The maximum atomic E-state index is 11.8. The van der Waals surface area contributed by atoms with Crippen LogP contribution in [0.4, 0.5) is 0 Å². The van der Waals surface area contributed by atoms with Gasteiger partial charge >= 0.3 is 0 Å². The summed E-state index contributed by atoms with van der Waals surface area (Å²) in [6, 6.07) is 7.23. The van der Waals surface area contributed by atoms with Crippen LogP contribution in [0.3, 0.4) is 0 Å². The number of nitrogens with one attached hydrogen (secondary N) is 1. The molecule has 0 aliphatic carbocycles. The van der Waals surface area contributed by atoms with Gasteiger partial charge in [-0.1, -0.05) is 17.7 Å². The Morgan fingerprint density at radius 2 is 1.95 bits per heavy atom. The van der Waals surface area contributed by atoms with E-state index < -0.39 is 11.3 Å². The molecule has 104 valence electrons. The number of aromatic nitrogens is 2. The smallest absolute Gasteiger partial charge is 0.289 e. The molecule has 0 aliphatic rings. The van der Waals surface area contributed by atoms with Gasteiger partial charge in [-0.3, -0.25) is 15.0 Å². The van der Waals surface area contributed by atoms with Crippen LogP contribution in [0.5, 0.6) is 0 Å². The monoisotopic (exact) mass is 272 g/mol. The van der Waals surface area contributed by atoms with E-state index in [9.17, 15) is 9.59 Å². The molecule has 3 N–H and O–H groups in total. The van der Waals surface area contributed by atoms with Crippen molar-refractivity contribution in [2.45, 2.75) is 20.8 Å². The Hall–Kier alpha value is -2.47. The molecular weight excluding hydrogens is 256 g/mol. The maximum absolute atomic E-state index is 11.8. The van der Waals surface area contributed by atoms with Crippen LogP contribution in [0.25, 0.3) is 5.69 Å². The van der Waals surface area contributed by atoms with Gasteiger partial charge in [0.2, 0.25) is 5.43 Å². The van der Waals surface area contributed by atoms with Crippen molar-refractivity contribution in [1.82, 2.24) is 15.2 Å². The standard InChI is InChI=1S/C14H16N4O2/c1-8-4-5-11(9(2)6-8)18-10(3)7-12(19)13(17-18)14(20)16-15/h4-7H,15H2,1-3H3,(H,16,20). The van der Waals surface area contributed by atoms with Gasteiger partial charge in [-0.25, -0.2) is 10.5 Å². The zero-order valence-electron chi connectivity index (χ0n) is 11.6. The number of rotatable bonds is 2. The molecular formula is C14H16N4O2. The lowest BCUT2D eigenvalue weighted by Crippen LogP contribution is -2.36. The quantitative estimate of drug-likeness (QED) is 0.480. The zero-order valence-corrected chi connectivity index (χ0v) is 11.6. The first-order valence-corrected chi connectivity index (χ1v) is 6.13. The number of nitrogens with two attached hydrogens (primary N) is 1. The third-order valence-corrected chi connectivity index (χ3v) is 3.03. The summed E-state index contributed by atoms with van der Waals surface area (Å²) in [5.41, 5.74) is 4.85. The normalized spacial score (nSPS) is 10.4. The van der Waals surface area contributed by atoms with Gasteiger partial charge in [0, 0.05) is 11.8 Å². The molecule has 0 atom stereocenters. The molecule has 0 radical (unpaired) electrons. The minimum Gasteiger partial charge on any atom is -0.289 e. The van der Waals surface area contributed by atoms with Crippen LogP contribution in [0, 0.1) is 20.8 Å². The van der Waals surface area contributed by atoms with Crippen molar-refractivity contribution in [3.63, 3.8) is 0 Å². The molecule has 0 spiro atoms. The van der Waals surface area contributed by atoms with Crippen molar-refractivity contribution >= 4 is 5.91 Å². The Balaban J connectivity index is 2.68. The molecule has 0 saturated carbocycles. The van der Waals surface area contributed by atoms with Gasteiger partial charge in [0.1, 0.15) is 0 Å². The summed E-state index contributed by atoms with van der Waals surface area (Å²) >= 11 is 0. The predicted octanol–water partition coefficient (Wildman–Crippen LogP) is 0.761. The summed E-state index contributed by atoms with van der Waals surface area (Å²) < 4.78 is 1.57. The number of benzene rings is 1. The van der Waals surface area contributed by atoms with Crippen molar-refractivity contribution < 1.29 is 4.79 Å². The van der Waals surface area contributed by atoms with E-state index >= 15 is 0 Å². The van der Waals surface area contributed by atoms with Gasteiger partial charge in [-0.2, -0.15) is 5.10 Å². The van der Waals surface area contributed by atoms with Gasteiger partial charge in [0.25, 0.3) is 5.91 Å². The molecule has 0 unspecified atom stereocenters. The van der Waals surface area contributed by atoms with Gasteiger partial charge in [-0.15, -0.1) is 0 Å². The summed E-state index contributed by atoms with van der Waals surface area (Å²) in [6.07, 6.45) is 0. The second-order valence-electron chi connectivity index (χ2n) is 4.67. The van der Waals surface area contributed by atoms with Gasteiger partial charge in [-0.05, 0) is 32.4 Å². The summed E-state index contributed by atoms with van der Waals surface area (Å²) in [6.45, 7) is 5.71. The highest BCUT2D eigenvalue weighted by atomic mass is 16.2. The number of aryl methyl sites for hydroxylation is 3. The van der Waals surface area contributed by atoms with Crippen LogP contribution in [-0.4, -0.2) is 15.7 Å². The van der Waals surface area contributed by atoms with Gasteiger partial charge < -0.3 is 0 Å². The Bertz CT molecular complexity index is 734. The minimum absolute atomic E-state index is 0.224. The molecule has 6 heteroatoms. The first kappa shape index (κ1) is 14.0. The molecule has 2 aromatic rings. The van der Waals surface area contributed by atoms with E-state index in [1.165, 1.54) is 6.07 Å². The van der Waals surface area contributed by atoms with Crippen LogP contribution >= 0.6 is 0 Å². The summed E-state index contributed by atoms with van der Waals surface area (Å²) in [5, 5.41) is 4.12. The molecule has 1 heterocycles. The molecule has 1 aromatic heterocycles. The number of hydrogen-bond donors (Lipinski definition) is 2. The highest BCUT2D eigenvalue weighted by Gasteiger charge is 2.14. The highest BCUT2D eigenvalue weighted by Crippen LogP contribution is 2.15. The molecule has 20 heavy (non-hydrogen) atoms. The lowest BCUT2D eigenvalue weighted by Gasteiger charge is -2.13. The zero-order chi connectivity index (χ0) is 14.9. The van der Waals surface area contributed by atoms with E-state index in [0.717, 1.165) is 16.8 Å². The van der Waals surface area contributed by atoms with Crippen molar-refractivity contribution in [3.8, 4) is 5.69 Å². The van der Waals surface area contributed by atoms with E-state index in [1.54, 1.807) is 11.6 Å². The number of hydrazine groups is 1. The Labute approximate surface area is 116 Å². The average Bonchev–Trinajstić information content (AvgIpc) is 2.39. The fourth-order valence-electron chi connectivity index (χ4n) is 2.06. The fourth-order valence-corrected chi connectivity index (χ4v) is 2.06. The molecule has 6 nitrogen and oxygen atoms in total. The Kier molecular flexibility index (Phi) is 3.67. The van der Waals surface area contributed by atoms with E-state index in [1.807, 2.05) is 37.5 Å². The molecule has 0 bridgehead atoms. The lowest BCUT2D eigenvalue weighted by molar-refractivity contribution is 0.0945. The number of hydrogen-bond acceptors (Lipinski definition) is 4. The van der Waals surface area contributed by atoms with E-state index in [2.05, 4.69) is 5.10 Å². The van der Waals surface area contributed by atoms with Crippen molar-refractivity contribution in [1.29, 1.82) is 0 Å². The van der Waals surface area contributed by atoms with Crippen LogP contribution in [-0.2, 0) is 0 Å². The second-order valence-corrected chi connectivity index (χ2v) is 4.67. The van der Waals surface area contributed by atoms with E-state index in [-0.39, 0.29) is 5.69 Å². The molecule has 0 aliphatic heterocycles. The van der Waals surface area contributed by atoms with Gasteiger partial charge in [0.05, 0.1) is 5.69 Å². The third kappa shape index (κ3) is 2.46. The minimum atomic E-state index is -0.700. The van der Waals surface area contributed by atoms with Crippen molar-refractivity contribution in [2.24, 2.45) is 5.84 Å². The summed E-state index contributed by atoms with van der Waals surface area (Å²) in [5.74, 6) is 4.36. The van der Waals surface area contributed by atoms with Crippen molar-refractivity contribution in [3.05, 3.63) is 57.0 Å². The van der Waals surface area contributed by atoms with Crippen LogP contribution in [0.2, 0.25) is 0 Å². The molecule has 1 amide bonds. The van der Waals surface area contributed by atoms with Crippen LogP contribution in [0.1, 0.15) is 27.3 Å². The fraction of sp³-hybridized carbons (Fsp3) is 0.214. The number of nitrogen functional groups attached to an aromatic ring is 1. The number of amides is 1. The topological polar surface area (TPSA) is 90.0 Å². The average molecular weight is 272 g/mol. The van der Waals surface area contributed by atoms with Crippen molar-refractivity contribution in [2.75, 3.05) is 0 Å². The van der Waals surface area contributed by atoms with Crippen LogP contribution < -0.4 is 16.7 Å². The van der Waals surface area contributed by atoms with E-state index in [4.69, 9.17) is 5.84 Å². The van der Waals surface area contributed by atoms with Gasteiger partial charge in [0.15, 0.2) is 5.69 Å². The lowest BCUT2D eigenvalue weighted by atomic mass is 10.1. The number of carbonyl (C=O) groups excluding carboxylic acids is 1. The first-order chi connectivity index (χ1) is 9.43.